The zero-order chi connectivity index (χ0) is 16.5. The molecule has 0 aliphatic heterocycles. The summed E-state index contributed by atoms with van der Waals surface area (Å²) in [4.78, 5) is 11.7. The van der Waals surface area contributed by atoms with Gasteiger partial charge in [0.1, 0.15) is 5.75 Å². The lowest BCUT2D eigenvalue weighted by Gasteiger charge is -2.05. The van der Waals surface area contributed by atoms with E-state index in [9.17, 15) is 9.90 Å². The number of nitrogens with zero attached hydrogens (tertiary/aromatic N) is 1. The number of aromatic hydroxyl groups is 1. The van der Waals surface area contributed by atoms with E-state index in [2.05, 4.69) is 17.5 Å². The Kier molecular flexibility index (Phi) is 6.60. The van der Waals surface area contributed by atoms with Crippen LogP contribution in [-0.2, 0) is 4.79 Å². The van der Waals surface area contributed by atoms with Gasteiger partial charge < -0.3 is 5.11 Å². The summed E-state index contributed by atoms with van der Waals surface area (Å²) in [5.74, 6) is 0.0683. The second-order valence-corrected chi connectivity index (χ2v) is 5.68. The number of unbranched alkanes of at least 4 members (excludes halogenated alkanes) is 4. The van der Waals surface area contributed by atoms with Crippen LogP contribution in [0.1, 0.15) is 51.0 Å². The number of hydrogen-bond donors (Lipinski definition) is 2. The Morgan fingerprint density at radius 2 is 1.91 bits per heavy atom. The predicted octanol–water partition coefficient (Wildman–Crippen LogP) is 4.36. The van der Waals surface area contributed by atoms with Gasteiger partial charge in [-0.15, -0.1) is 0 Å². The number of nitrogens with one attached hydrogen (secondary N) is 1. The van der Waals surface area contributed by atoms with Crippen molar-refractivity contribution in [3.63, 3.8) is 0 Å². The summed E-state index contributed by atoms with van der Waals surface area (Å²) in [6, 6.07) is 11.2. The SMILES string of the molecule is CCCCCCCC(=O)N/N=C/c1c(O)ccc2ccccc12. The number of amides is 1. The molecule has 0 heterocycles. The maximum Gasteiger partial charge on any atom is 0.240 e. The topological polar surface area (TPSA) is 61.7 Å². The lowest BCUT2D eigenvalue weighted by atomic mass is 10.0. The molecule has 4 nitrogen and oxygen atoms in total. The first-order valence-electron chi connectivity index (χ1n) is 8.25. The van der Waals surface area contributed by atoms with Crippen molar-refractivity contribution in [1.82, 2.24) is 5.43 Å². The van der Waals surface area contributed by atoms with Crippen LogP contribution in [0, 0.1) is 0 Å². The van der Waals surface area contributed by atoms with Crippen molar-refractivity contribution in [2.45, 2.75) is 45.4 Å². The van der Waals surface area contributed by atoms with Crippen molar-refractivity contribution >= 4 is 22.9 Å². The molecular formula is C19H24N2O2. The summed E-state index contributed by atoms with van der Waals surface area (Å²) in [6.07, 6.45) is 7.56. The lowest BCUT2D eigenvalue weighted by Crippen LogP contribution is -2.16. The Morgan fingerprint density at radius 1 is 1.13 bits per heavy atom. The zero-order valence-electron chi connectivity index (χ0n) is 13.6. The number of rotatable bonds is 8. The number of carbonyl (C=O) groups is 1. The van der Waals surface area contributed by atoms with Crippen molar-refractivity contribution in [3.05, 3.63) is 42.0 Å². The summed E-state index contributed by atoms with van der Waals surface area (Å²) in [5.41, 5.74) is 3.15. The number of benzene rings is 2. The fourth-order valence-corrected chi connectivity index (χ4v) is 2.53. The van der Waals surface area contributed by atoms with Gasteiger partial charge in [-0.25, -0.2) is 5.43 Å². The molecule has 0 atom stereocenters. The van der Waals surface area contributed by atoms with E-state index >= 15 is 0 Å². The third-order valence-corrected chi connectivity index (χ3v) is 3.84. The normalized spacial score (nSPS) is 11.2. The van der Waals surface area contributed by atoms with Gasteiger partial charge in [0.05, 0.1) is 6.21 Å². The number of hydrazone groups is 1. The van der Waals surface area contributed by atoms with Crippen LogP contribution in [0.25, 0.3) is 10.8 Å². The molecule has 0 bridgehead atoms. The van der Waals surface area contributed by atoms with Crippen molar-refractivity contribution < 1.29 is 9.90 Å². The Morgan fingerprint density at radius 3 is 2.74 bits per heavy atom. The largest absolute Gasteiger partial charge is 0.507 e. The molecule has 0 fully saturated rings. The first-order valence-corrected chi connectivity index (χ1v) is 8.25. The zero-order valence-corrected chi connectivity index (χ0v) is 13.6. The van der Waals surface area contributed by atoms with Crippen molar-refractivity contribution in [2.24, 2.45) is 5.10 Å². The fourth-order valence-electron chi connectivity index (χ4n) is 2.53. The average molecular weight is 312 g/mol. The molecule has 0 aliphatic rings. The molecule has 0 aromatic heterocycles. The number of carbonyl (C=O) groups excluding carboxylic acids is 1. The summed E-state index contributed by atoms with van der Waals surface area (Å²) < 4.78 is 0. The van der Waals surface area contributed by atoms with E-state index in [0.29, 0.717) is 12.0 Å². The second kappa shape index (κ2) is 8.93. The van der Waals surface area contributed by atoms with E-state index in [-0.39, 0.29) is 11.7 Å². The van der Waals surface area contributed by atoms with Gasteiger partial charge in [-0.05, 0) is 23.3 Å². The highest BCUT2D eigenvalue weighted by Gasteiger charge is 2.04. The molecule has 0 aliphatic carbocycles. The van der Waals surface area contributed by atoms with Gasteiger partial charge in [0.25, 0.3) is 0 Å². The van der Waals surface area contributed by atoms with Crippen LogP contribution in [0.2, 0.25) is 0 Å². The van der Waals surface area contributed by atoms with Crippen molar-refractivity contribution in [1.29, 1.82) is 0 Å². The Bertz CT molecular complexity index is 680. The lowest BCUT2D eigenvalue weighted by molar-refractivity contribution is -0.121. The fraction of sp³-hybridized carbons (Fsp3) is 0.368. The molecule has 0 saturated heterocycles. The minimum absolute atomic E-state index is 0.0857. The quantitative estimate of drug-likeness (QED) is 0.432. The molecule has 2 rings (SSSR count). The molecule has 0 saturated carbocycles. The van der Waals surface area contributed by atoms with Crippen LogP contribution in [0.5, 0.6) is 5.75 Å². The highest BCUT2D eigenvalue weighted by Crippen LogP contribution is 2.25. The average Bonchev–Trinajstić information content (AvgIpc) is 2.56. The molecule has 4 heteroatoms. The summed E-state index contributed by atoms with van der Waals surface area (Å²) in [5, 5.41) is 15.9. The Hall–Kier alpha value is -2.36. The van der Waals surface area contributed by atoms with Gasteiger partial charge in [0, 0.05) is 12.0 Å². The van der Waals surface area contributed by atoms with E-state index in [0.717, 1.165) is 23.6 Å². The Labute approximate surface area is 137 Å². The molecule has 2 aromatic carbocycles. The maximum absolute atomic E-state index is 11.7. The molecule has 23 heavy (non-hydrogen) atoms. The van der Waals surface area contributed by atoms with Gasteiger partial charge in [-0.1, -0.05) is 62.9 Å². The molecular weight excluding hydrogens is 288 g/mol. The van der Waals surface area contributed by atoms with E-state index in [4.69, 9.17) is 0 Å². The van der Waals surface area contributed by atoms with Crippen molar-refractivity contribution in [2.75, 3.05) is 0 Å². The number of phenolic OH excluding ortho intramolecular Hbond substituents is 1. The van der Waals surface area contributed by atoms with Gasteiger partial charge in [-0.3, -0.25) is 4.79 Å². The second-order valence-electron chi connectivity index (χ2n) is 5.68. The first kappa shape index (κ1) is 17.0. The van der Waals surface area contributed by atoms with Crippen LogP contribution in [0.3, 0.4) is 0 Å². The number of fused-ring (bicyclic) bond motifs is 1. The van der Waals surface area contributed by atoms with E-state index < -0.39 is 0 Å². The summed E-state index contributed by atoms with van der Waals surface area (Å²) in [6.45, 7) is 2.17. The number of phenols is 1. The Balaban J connectivity index is 1.91. The molecule has 2 aromatic rings. The summed E-state index contributed by atoms with van der Waals surface area (Å²) >= 11 is 0. The third-order valence-electron chi connectivity index (χ3n) is 3.84. The van der Waals surface area contributed by atoms with Gasteiger partial charge in [0.15, 0.2) is 0 Å². The highest BCUT2D eigenvalue weighted by molar-refractivity contribution is 6.02. The molecule has 0 unspecified atom stereocenters. The third kappa shape index (κ3) is 5.09. The smallest absolute Gasteiger partial charge is 0.240 e. The van der Waals surface area contributed by atoms with Crippen LogP contribution in [0.15, 0.2) is 41.5 Å². The van der Waals surface area contributed by atoms with Crippen LogP contribution < -0.4 is 5.43 Å². The van der Waals surface area contributed by atoms with Crippen LogP contribution in [-0.4, -0.2) is 17.2 Å². The monoisotopic (exact) mass is 312 g/mol. The van der Waals surface area contributed by atoms with Crippen molar-refractivity contribution in [3.8, 4) is 5.75 Å². The van der Waals surface area contributed by atoms with Gasteiger partial charge >= 0.3 is 0 Å². The molecule has 0 spiro atoms. The maximum atomic E-state index is 11.7. The summed E-state index contributed by atoms with van der Waals surface area (Å²) in [7, 11) is 0. The molecule has 122 valence electrons. The van der Waals surface area contributed by atoms with Gasteiger partial charge in [-0.2, -0.15) is 5.10 Å². The number of hydrogen-bond acceptors (Lipinski definition) is 3. The van der Waals surface area contributed by atoms with E-state index in [1.165, 1.54) is 25.5 Å². The molecule has 1 amide bonds. The minimum Gasteiger partial charge on any atom is -0.507 e. The predicted molar refractivity (Wildman–Crippen MR) is 94.7 cm³/mol. The first-order chi connectivity index (χ1) is 11.2. The molecule has 2 N–H and O–H groups in total. The van der Waals surface area contributed by atoms with E-state index in [1.54, 1.807) is 6.07 Å². The minimum atomic E-state index is -0.0857. The highest BCUT2D eigenvalue weighted by atomic mass is 16.3. The van der Waals surface area contributed by atoms with Crippen LogP contribution in [0.4, 0.5) is 0 Å². The van der Waals surface area contributed by atoms with Crippen LogP contribution >= 0.6 is 0 Å². The molecule has 0 radical (unpaired) electrons. The van der Waals surface area contributed by atoms with E-state index in [1.807, 2.05) is 30.3 Å². The standard InChI is InChI=1S/C19H24N2O2/c1-2-3-4-5-6-11-19(23)21-20-14-17-16-10-8-7-9-15(16)12-13-18(17)22/h7-10,12-14,22H,2-6,11H2,1H3,(H,21,23)/b20-14+. The van der Waals surface area contributed by atoms with Gasteiger partial charge in [0.2, 0.25) is 5.91 Å².